The Hall–Kier alpha value is -1.75. The van der Waals surface area contributed by atoms with Gasteiger partial charge in [-0.2, -0.15) is 0 Å². The molecule has 0 fully saturated rings. The van der Waals surface area contributed by atoms with Crippen LogP contribution in [0.4, 0.5) is 10.1 Å². The molecule has 0 radical (unpaired) electrons. The van der Waals surface area contributed by atoms with Crippen LogP contribution < -0.4 is 5.73 Å². The monoisotopic (exact) mass is 250 g/mol. The third kappa shape index (κ3) is 2.88. The molecule has 0 saturated heterocycles. The predicted molar refractivity (Wildman–Crippen MR) is 65.2 cm³/mol. The fraction of sp³-hybridized carbons (Fsp3) is 0.0833. The first-order chi connectivity index (χ1) is 8.16. The van der Waals surface area contributed by atoms with Gasteiger partial charge in [-0.15, -0.1) is 0 Å². The maximum absolute atomic E-state index is 13.0. The van der Waals surface area contributed by atoms with Gasteiger partial charge in [0, 0.05) is 6.20 Å². The van der Waals surface area contributed by atoms with E-state index in [9.17, 15) is 8.60 Å². The van der Waals surface area contributed by atoms with Gasteiger partial charge in [0.05, 0.1) is 22.2 Å². The zero-order valence-corrected chi connectivity index (χ0v) is 9.78. The topological polar surface area (TPSA) is 56.0 Å². The molecule has 0 aliphatic rings. The van der Waals surface area contributed by atoms with Crippen LogP contribution >= 0.6 is 0 Å². The Morgan fingerprint density at radius 3 is 2.82 bits per heavy atom. The number of nitrogens with zero attached hydrogens (tertiary/aromatic N) is 1. The fourth-order valence-corrected chi connectivity index (χ4v) is 2.57. The Labute approximate surface area is 101 Å². The summed E-state index contributed by atoms with van der Waals surface area (Å²) in [6.45, 7) is 0. The number of hydrogen-bond donors (Lipinski definition) is 1. The lowest BCUT2D eigenvalue weighted by molar-refractivity contribution is 0.626. The van der Waals surface area contributed by atoms with Crippen LogP contribution in [-0.2, 0) is 16.6 Å². The summed E-state index contributed by atoms with van der Waals surface area (Å²) in [5.41, 5.74) is 6.73. The second kappa shape index (κ2) is 5.05. The Balaban J connectivity index is 2.20. The molecule has 1 aromatic carbocycles. The summed E-state index contributed by atoms with van der Waals surface area (Å²) in [4.78, 5) is 3.98. The smallest absolute Gasteiger partial charge is 0.150 e. The molecule has 0 bridgehead atoms. The lowest BCUT2D eigenvalue weighted by Crippen LogP contribution is -2.03. The lowest BCUT2D eigenvalue weighted by Gasteiger charge is -2.04. The Morgan fingerprint density at radius 1 is 1.29 bits per heavy atom. The molecule has 0 aliphatic heterocycles. The van der Waals surface area contributed by atoms with Crippen molar-refractivity contribution < 1.29 is 8.60 Å². The fourth-order valence-electron chi connectivity index (χ4n) is 1.44. The number of halogens is 1. The van der Waals surface area contributed by atoms with Crippen LogP contribution in [0.3, 0.4) is 0 Å². The number of nitrogen functional groups attached to an aromatic ring is 1. The molecule has 0 amide bonds. The molecule has 1 atom stereocenters. The normalized spacial score (nSPS) is 12.3. The average Bonchev–Trinajstić information content (AvgIpc) is 2.29. The number of hydrogen-bond acceptors (Lipinski definition) is 3. The van der Waals surface area contributed by atoms with Crippen LogP contribution in [0.15, 0.2) is 47.6 Å². The highest BCUT2D eigenvalue weighted by Crippen LogP contribution is 2.16. The van der Waals surface area contributed by atoms with Crippen molar-refractivity contribution in [1.29, 1.82) is 0 Å². The third-order valence-electron chi connectivity index (χ3n) is 2.20. The number of aromatic nitrogens is 1. The maximum Gasteiger partial charge on any atom is 0.150 e. The number of anilines is 1. The summed E-state index contributed by atoms with van der Waals surface area (Å²) < 4.78 is 25.0. The van der Waals surface area contributed by atoms with Crippen LogP contribution in [0.2, 0.25) is 0 Å². The van der Waals surface area contributed by atoms with Gasteiger partial charge in [-0.25, -0.2) is 9.37 Å². The number of nitrogens with two attached hydrogens (primary N) is 1. The van der Waals surface area contributed by atoms with Gasteiger partial charge in [-0.05, 0) is 29.8 Å². The van der Waals surface area contributed by atoms with Gasteiger partial charge >= 0.3 is 0 Å². The van der Waals surface area contributed by atoms with E-state index in [0.717, 1.165) is 0 Å². The van der Waals surface area contributed by atoms with E-state index < -0.39 is 10.8 Å². The van der Waals surface area contributed by atoms with Crippen molar-refractivity contribution in [1.82, 2.24) is 4.98 Å². The van der Waals surface area contributed by atoms with Gasteiger partial charge in [0.2, 0.25) is 0 Å². The molecule has 88 valence electrons. The van der Waals surface area contributed by atoms with Crippen molar-refractivity contribution in [2.75, 3.05) is 5.73 Å². The van der Waals surface area contributed by atoms with Crippen LogP contribution in [-0.4, -0.2) is 9.19 Å². The van der Waals surface area contributed by atoms with Crippen LogP contribution in [0.1, 0.15) is 5.56 Å². The van der Waals surface area contributed by atoms with Crippen molar-refractivity contribution in [3.05, 3.63) is 54.0 Å². The largest absolute Gasteiger partial charge is 0.396 e. The van der Waals surface area contributed by atoms with Gasteiger partial charge in [0.1, 0.15) is 10.8 Å². The minimum Gasteiger partial charge on any atom is -0.396 e. The molecular formula is C12H11FN2OS. The Kier molecular flexibility index (Phi) is 3.49. The molecule has 0 spiro atoms. The summed E-state index contributed by atoms with van der Waals surface area (Å²) in [6.07, 6.45) is 1.54. The van der Waals surface area contributed by atoms with Crippen LogP contribution in [0.5, 0.6) is 0 Å². The first kappa shape index (κ1) is 11.7. The molecule has 5 heteroatoms. The summed E-state index contributed by atoms with van der Waals surface area (Å²) in [6, 6.07) is 9.34. The second-order valence-electron chi connectivity index (χ2n) is 3.52. The summed E-state index contributed by atoms with van der Waals surface area (Å²) >= 11 is 0. The van der Waals surface area contributed by atoms with Crippen LogP contribution in [0, 0.1) is 5.82 Å². The SMILES string of the molecule is Nc1cccnc1S(=O)Cc1cccc(F)c1. The van der Waals surface area contributed by atoms with Gasteiger partial charge < -0.3 is 5.73 Å². The van der Waals surface area contributed by atoms with E-state index in [0.29, 0.717) is 16.3 Å². The van der Waals surface area contributed by atoms with Crippen molar-refractivity contribution in [2.45, 2.75) is 10.8 Å². The lowest BCUT2D eigenvalue weighted by atomic mass is 10.2. The molecule has 17 heavy (non-hydrogen) atoms. The Morgan fingerprint density at radius 2 is 2.12 bits per heavy atom. The van der Waals surface area contributed by atoms with Gasteiger partial charge in [0.15, 0.2) is 0 Å². The Bertz CT molecular complexity index is 560. The van der Waals surface area contributed by atoms with Crippen molar-refractivity contribution in [3.8, 4) is 0 Å². The van der Waals surface area contributed by atoms with E-state index in [-0.39, 0.29) is 11.6 Å². The number of benzene rings is 1. The van der Waals surface area contributed by atoms with Gasteiger partial charge in [0.25, 0.3) is 0 Å². The van der Waals surface area contributed by atoms with Gasteiger partial charge in [-0.3, -0.25) is 4.21 Å². The molecule has 1 unspecified atom stereocenters. The first-order valence-corrected chi connectivity index (χ1v) is 6.32. The highest BCUT2D eigenvalue weighted by atomic mass is 32.2. The van der Waals surface area contributed by atoms with Crippen molar-refractivity contribution >= 4 is 16.5 Å². The molecule has 2 aromatic rings. The molecule has 2 N–H and O–H groups in total. The van der Waals surface area contributed by atoms with E-state index in [2.05, 4.69) is 4.98 Å². The zero-order valence-electron chi connectivity index (χ0n) is 8.97. The summed E-state index contributed by atoms with van der Waals surface area (Å²) in [5.74, 6) is -0.132. The molecule has 0 saturated carbocycles. The van der Waals surface area contributed by atoms with E-state index in [4.69, 9.17) is 5.73 Å². The third-order valence-corrected chi connectivity index (χ3v) is 3.57. The minimum atomic E-state index is -1.36. The van der Waals surface area contributed by atoms with Crippen LogP contribution in [0.25, 0.3) is 0 Å². The van der Waals surface area contributed by atoms with Crippen molar-refractivity contribution in [2.24, 2.45) is 0 Å². The molecule has 1 heterocycles. The molecule has 1 aromatic heterocycles. The predicted octanol–water partition coefficient (Wildman–Crippen LogP) is 2.11. The second-order valence-corrected chi connectivity index (χ2v) is 4.88. The molecule has 0 aliphatic carbocycles. The highest BCUT2D eigenvalue weighted by molar-refractivity contribution is 7.84. The average molecular weight is 250 g/mol. The number of pyridine rings is 1. The van der Waals surface area contributed by atoms with E-state index in [1.54, 1.807) is 24.3 Å². The van der Waals surface area contributed by atoms with Gasteiger partial charge in [-0.1, -0.05) is 12.1 Å². The van der Waals surface area contributed by atoms with E-state index in [1.165, 1.54) is 18.3 Å². The maximum atomic E-state index is 13.0. The zero-order chi connectivity index (χ0) is 12.3. The highest BCUT2D eigenvalue weighted by Gasteiger charge is 2.10. The standard InChI is InChI=1S/C12H11FN2OS/c13-10-4-1-3-9(7-10)8-17(16)12-11(14)5-2-6-15-12/h1-7H,8,14H2. The van der Waals surface area contributed by atoms with E-state index >= 15 is 0 Å². The molecular weight excluding hydrogens is 239 g/mol. The van der Waals surface area contributed by atoms with E-state index in [1.807, 2.05) is 0 Å². The minimum absolute atomic E-state index is 0.207. The summed E-state index contributed by atoms with van der Waals surface area (Å²) in [7, 11) is -1.36. The first-order valence-electron chi connectivity index (χ1n) is 5.00. The quantitative estimate of drug-likeness (QED) is 0.907. The van der Waals surface area contributed by atoms with Crippen molar-refractivity contribution in [3.63, 3.8) is 0 Å². The summed E-state index contributed by atoms with van der Waals surface area (Å²) in [5, 5.41) is 0.344. The molecule has 3 nitrogen and oxygen atoms in total. The number of rotatable bonds is 3. The molecule has 2 rings (SSSR count).